The van der Waals surface area contributed by atoms with Gasteiger partial charge < -0.3 is 19.2 Å². The number of hydrogen-bond donors (Lipinski definition) is 1. The number of methoxy groups -OCH3 is 2. The Balaban J connectivity index is 1.59. The molecule has 27 heavy (non-hydrogen) atoms. The first-order valence-corrected chi connectivity index (χ1v) is 9.98. The third-order valence-electron chi connectivity index (χ3n) is 3.71. The Labute approximate surface area is 165 Å². The molecule has 2 heterocycles. The molecule has 9 heteroatoms. The number of rotatable bonds is 8. The highest BCUT2D eigenvalue weighted by Gasteiger charge is 2.15. The molecule has 1 amide bonds. The first kappa shape index (κ1) is 19.2. The van der Waals surface area contributed by atoms with Gasteiger partial charge in [0.1, 0.15) is 0 Å². The molecule has 0 unspecified atom stereocenters. The first-order chi connectivity index (χ1) is 13.1. The first-order valence-electron chi connectivity index (χ1n) is 8.12. The summed E-state index contributed by atoms with van der Waals surface area (Å²) in [4.78, 5) is 13.2. The normalized spacial score (nSPS) is 11.8. The molecular weight excluding hydrogens is 386 g/mol. The Morgan fingerprint density at radius 3 is 2.78 bits per heavy atom. The van der Waals surface area contributed by atoms with Gasteiger partial charge in [-0.25, -0.2) is 0 Å². The van der Waals surface area contributed by atoms with Crippen molar-refractivity contribution >= 4 is 29.0 Å². The minimum absolute atomic E-state index is 0.0249. The number of aromatic nitrogens is 2. The number of hydrogen-bond acceptors (Lipinski definition) is 8. The van der Waals surface area contributed by atoms with Crippen molar-refractivity contribution in [1.82, 2.24) is 15.5 Å². The fourth-order valence-electron chi connectivity index (χ4n) is 2.37. The summed E-state index contributed by atoms with van der Waals surface area (Å²) in [7, 11) is 3.13. The molecule has 0 fully saturated rings. The van der Waals surface area contributed by atoms with Crippen LogP contribution < -0.4 is 14.8 Å². The summed E-state index contributed by atoms with van der Waals surface area (Å²) in [6.45, 7) is 1.95. The van der Waals surface area contributed by atoms with Gasteiger partial charge in [-0.1, -0.05) is 17.8 Å². The van der Waals surface area contributed by atoms with Crippen LogP contribution in [0.1, 0.15) is 17.8 Å². The van der Waals surface area contributed by atoms with Crippen LogP contribution in [0.4, 0.5) is 0 Å². The van der Waals surface area contributed by atoms with Gasteiger partial charge in [0.15, 0.2) is 11.5 Å². The van der Waals surface area contributed by atoms with Crippen LogP contribution in [0.2, 0.25) is 0 Å². The van der Waals surface area contributed by atoms with Crippen LogP contribution in [0.25, 0.3) is 11.5 Å². The highest BCUT2D eigenvalue weighted by atomic mass is 32.2. The lowest BCUT2D eigenvalue weighted by molar-refractivity contribution is -0.119. The molecule has 1 aromatic carbocycles. The molecule has 3 rings (SSSR count). The summed E-state index contributed by atoms with van der Waals surface area (Å²) in [6, 6.07) is 9.27. The van der Waals surface area contributed by atoms with Crippen LogP contribution in [0.3, 0.4) is 0 Å². The Morgan fingerprint density at radius 1 is 1.26 bits per heavy atom. The van der Waals surface area contributed by atoms with Crippen LogP contribution in [0, 0.1) is 0 Å². The minimum atomic E-state index is -0.0910. The second-order valence-electron chi connectivity index (χ2n) is 5.54. The molecule has 3 aromatic rings. The maximum atomic E-state index is 12.1. The van der Waals surface area contributed by atoms with Gasteiger partial charge in [-0.3, -0.25) is 4.79 Å². The number of amides is 1. The fourth-order valence-corrected chi connectivity index (χ4v) is 3.68. The predicted molar refractivity (Wildman–Crippen MR) is 104 cm³/mol. The SMILES string of the molecule is COc1ccc(-c2nnc(SCC(=O)N[C@@H](C)c3cccs3)o2)cc1OC. The van der Waals surface area contributed by atoms with Crippen LogP contribution in [-0.2, 0) is 4.79 Å². The van der Waals surface area contributed by atoms with Crippen LogP contribution in [0.15, 0.2) is 45.4 Å². The van der Waals surface area contributed by atoms with E-state index in [1.54, 1.807) is 43.8 Å². The number of thiophene rings is 1. The number of carbonyl (C=O) groups is 1. The molecule has 0 radical (unpaired) electrons. The zero-order valence-corrected chi connectivity index (χ0v) is 16.7. The molecule has 0 saturated carbocycles. The van der Waals surface area contributed by atoms with Crippen molar-refractivity contribution in [1.29, 1.82) is 0 Å². The van der Waals surface area contributed by atoms with Gasteiger partial charge in [-0.05, 0) is 36.6 Å². The zero-order chi connectivity index (χ0) is 19.2. The molecule has 1 atom stereocenters. The van der Waals surface area contributed by atoms with Crippen molar-refractivity contribution < 1.29 is 18.7 Å². The number of carbonyl (C=O) groups excluding carboxylic acids is 1. The molecule has 0 bridgehead atoms. The maximum Gasteiger partial charge on any atom is 0.277 e. The standard InChI is InChI=1S/C18H19N3O4S2/c1-11(15-5-4-8-26-15)19-16(22)10-27-18-21-20-17(25-18)12-6-7-13(23-2)14(9-12)24-3/h4-9,11H,10H2,1-3H3,(H,19,22)/t11-/m0/s1. The molecule has 142 valence electrons. The van der Waals surface area contributed by atoms with Crippen molar-refractivity contribution in [3.05, 3.63) is 40.6 Å². The molecule has 2 aromatic heterocycles. The van der Waals surface area contributed by atoms with E-state index in [0.29, 0.717) is 28.2 Å². The monoisotopic (exact) mass is 405 g/mol. The van der Waals surface area contributed by atoms with Gasteiger partial charge in [0, 0.05) is 10.4 Å². The number of ether oxygens (including phenoxy) is 2. The maximum absolute atomic E-state index is 12.1. The molecule has 0 aliphatic rings. The van der Waals surface area contributed by atoms with E-state index in [2.05, 4.69) is 15.5 Å². The van der Waals surface area contributed by atoms with E-state index in [-0.39, 0.29) is 17.7 Å². The summed E-state index contributed by atoms with van der Waals surface area (Å²) in [5.74, 6) is 1.65. The third kappa shape index (κ3) is 4.81. The molecule has 0 aliphatic heterocycles. The average molecular weight is 406 g/mol. The lowest BCUT2D eigenvalue weighted by atomic mass is 10.2. The van der Waals surface area contributed by atoms with Crippen molar-refractivity contribution in [2.45, 2.75) is 18.2 Å². The molecule has 0 aliphatic carbocycles. The number of nitrogens with zero attached hydrogens (tertiary/aromatic N) is 2. The molecular formula is C18H19N3O4S2. The predicted octanol–water partition coefficient (Wildman–Crippen LogP) is 3.78. The van der Waals surface area contributed by atoms with Gasteiger partial charge in [-0.15, -0.1) is 21.5 Å². The van der Waals surface area contributed by atoms with E-state index >= 15 is 0 Å². The molecule has 7 nitrogen and oxygen atoms in total. The van der Waals surface area contributed by atoms with Crippen molar-refractivity contribution in [2.75, 3.05) is 20.0 Å². The second-order valence-corrected chi connectivity index (χ2v) is 7.44. The summed E-state index contributed by atoms with van der Waals surface area (Å²) >= 11 is 2.81. The number of nitrogens with one attached hydrogen (secondary N) is 1. The largest absolute Gasteiger partial charge is 0.493 e. The smallest absolute Gasteiger partial charge is 0.277 e. The van der Waals surface area contributed by atoms with E-state index in [4.69, 9.17) is 13.9 Å². The Morgan fingerprint density at radius 2 is 2.07 bits per heavy atom. The van der Waals surface area contributed by atoms with E-state index in [0.717, 1.165) is 4.88 Å². The van der Waals surface area contributed by atoms with Gasteiger partial charge in [-0.2, -0.15) is 0 Å². The molecule has 0 spiro atoms. The van der Waals surface area contributed by atoms with Gasteiger partial charge in [0.2, 0.25) is 11.8 Å². The fraction of sp³-hybridized carbons (Fsp3) is 0.278. The number of benzene rings is 1. The number of thioether (sulfide) groups is 1. The average Bonchev–Trinajstić information content (AvgIpc) is 3.37. The summed E-state index contributed by atoms with van der Waals surface area (Å²) in [5, 5.41) is 13.3. The third-order valence-corrected chi connectivity index (χ3v) is 5.58. The van der Waals surface area contributed by atoms with Gasteiger partial charge >= 0.3 is 0 Å². The van der Waals surface area contributed by atoms with Crippen LogP contribution >= 0.6 is 23.1 Å². The Bertz CT molecular complexity index is 896. The molecule has 1 N–H and O–H groups in total. The lowest BCUT2D eigenvalue weighted by Gasteiger charge is -2.11. The van der Waals surface area contributed by atoms with Gasteiger partial charge in [0.05, 0.1) is 26.0 Å². The summed E-state index contributed by atoms with van der Waals surface area (Å²) in [5.41, 5.74) is 0.711. The van der Waals surface area contributed by atoms with Crippen molar-refractivity contribution in [3.8, 4) is 23.0 Å². The van der Waals surface area contributed by atoms with Crippen LogP contribution in [-0.4, -0.2) is 36.1 Å². The van der Waals surface area contributed by atoms with Crippen molar-refractivity contribution in [3.63, 3.8) is 0 Å². The van der Waals surface area contributed by atoms with E-state index < -0.39 is 0 Å². The highest BCUT2D eigenvalue weighted by Crippen LogP contribution is 2.32. The zero-order valence-electron chi connectivity index (χ0n) is 15.1. The minimum Gasteiger partial charge on any atom is -0.493 e. The second kappa shape index (κ2) is 8.92. The van der Waals surface area contributed by atoms with E-state index in [1.807, 2.05) is 24.4 Å². The Kier molecular flexibility index (Phi) is 6.36. The lowest BCUT2D eigenvalue weighted by Crippen LogP contribution is -2.27. The van der Waals surface area contributed by atoms with E-state index in [1.165, 1.54) is 11.8 Å². The Hall–Kier alpha value is -2.52. The molecule has 0 saturated heterocycles. The topological polar surface area (TPSA) is 86.5 Å². The summed E-state index contributed by atoms with van der Waals surface area (Å²) in [6.07, 6.45) is 0. The quantitative estimate of drug-likeness (QED) is 0.571. The van der Waals surface area contributed by atoms with Crippen LogP contribution in [0.5, 0.6) is 11.5 Å². The highest BCUT2D eigenvalue weighted by molar-refractivity contribution is 7.99. The van der Waals surface area contributed by atoms with E-state index in [9.17, 15) is 4.79 Å². The van der Waals surface area contributed by atoms with Gasteiger partial charge in [0.25, 0.3) is 5.22 Å². The van der Waals surface area contributed by atoms with Crippen molar-refractivity contribution in [2.24, 2.45) is 0 Å². The summed E-state index contributed by atoms with van der Waals surface area (Å²) < 4.78 is 16.1.